The van der Waals surface area contributed by atoms with Gasteiger partial charge in [0.25, 0.3) is 0 Å². The number of nitrogens with zero attached hydrogens (tertiary/aromatic N) is 1. The highest BCUT2D eigenvalue weighted by atomic mass is 16.6. The highest BCUT2D eigenvalue weighted by Gasteiger charge is 2.48. The fraction of sp³-hybridized carbons (Fsp3) is 0.462. The van der Waals surface area contributed by atoms with Gasteiger partial charge in [-0.3, -0.25) is 0 Å². The summed E-state index contributed by atoms with van der Waals surface area (Å²) in [6, 6.07) is 3.99. The smallest absolute Gasteiger partial charge is 0.235 e. The lowest BCUT2D eigenvalue weighted by Crippen LogP contribution is -2.18. The van der Waals surface area contributed by atoms with Crippen LogP contribution in [0.1, 0.15) is 24.0 Å². The minimum Gasteiger partial charge on any atom is -0.486 e. The Morgan fingerprint density at radius 2 is 2.06 bits per heavy atom. The molecular formula is C13H13NO3. The summed E-state index contributed by atoms with van der Waals surface area (Å²) in [5, 5.41) is 0. The SMILES string of the molecule is Cc1cc2c(c(C3(N=C=O)CC3)c1)OCCO2. The van der Waals surface area contributed by atoms with Crippen molar-refractivity contribution in [3.05, 3.63) is 23.3 Å². The van der Waals surface area contributed by atoms with Gasteiger partial charge >= 0.3 is 0 Å². The van der Waals surface area contributed by atoms with Gasteiger partial charge in [-0.1, -0.05) is 0 Å². The lowest BCUT2D eigenvalue weighted by molar-refractivity contribution is 0.168. The number of isocyanates is 1. The fourth-order valence-electron chi connectivity index (χ4n) is 2.28. The molecule has 0 spiro atoms. The number of rotatable bonds is 2. The first-order valence-corrected chi connectivity index (χ1v) is 5.75. The Morgan fingerprint density at radius 3 is 2.76 bits per heavy atom. The summed E-state index contributed by atoms with van der Waals surface area (Å²) in [5.74, 6) is 1.51. The second kappa shape index (κ2) is 3.60. The Labute approximate surface area is 99.3 Å². The zero-order valence-corrected chi connectivity index (χ0v) is 9.66. The van der Waals surface area contributed by atoms with E-state index < -0.39 is 5.54 Å². The monoisotopic (exact) mass is 231 g/mol. The van der Waals surface area contributed by atoms with Crippen LogP contribution in [0.15, 0.2) is 17.1 Å². The number of aryl methyl sites for hydroxylation is 1. The van der Waals surface area contributed by atoms with Gasteiger partial charge in [-0.25, -0.2) is 4.79 Å². The van der Waals surface area contributed by atoms with Crippen molar-refractivity contribution in [2.24, 2.45) is 4.99 Å². The molecule has 0 unspecified atom stereocenters. The summed E-state index contributed by atoms with van der Waals surface area (Å²) in [6.07, 6.45) is 3.43. The van der Waals surface area contributed by atoms with Gasteiger partial charge in [-0.2, -0.15) is 4.99 Å². The van der Waals surface area contributed by atoms with Crippen LogP contribution in [0, 0.1) is 6.92 Å². The van der Waals surface area contributed by atoms with E-state index in [0.29, 0.717) is 13.2 Å². The van der Waals surface area contributed by atoms with Gasteiger partial charge in [0.15, 0.2) is 11.5 Å². The van der Waals surface area contributed by atoms with Gasteiger partial charge in [0.2, 0.25) is 6.08 Å². The largest absolute Gasteiger partial charge is 0.486 e. The van der Waals surface area contributed by atoms with E-state index in [-0.39, 0.29) is 0 Å². The molecule has 1 aromatic rings. The lowest BCUT2D eigenvalue weighted by atomic mass is 10.0. The molecular weight excluding hydrogens is 218 g/mol. The molecule has 1 saturated carbocycles. The van der Waals surface area contributed by atoms with Crippen LogP contribution >= 0.6 is 0 Å². The molecule has 1 heterocycles. The third kappa shape index (κ3) is 1.61. The van der Waals surface area contributed by atoms with Crippen molar-refractivity contribution >= 4 is 6.08 Å². The molecule has 2 aliphatic rings. The zero-order valence-electron chi connectivity index (χ0n) is 9.66. The van der Waals surface area contributed by atoms with Crippen LogP contribution in [0.25, 0.3) is 0 Å². The third-order valence-electron chi connectivity index (χ3n) is 3.27. The van der Waals surface area contributed by atoms with Crippen LogP contribution in [-0.2, 0) is 10.3 Å². The molecule has 0 atom stereocenters. The zero-order chi connectivity index (χ0) is 11.9. The molecule has 1 aromatic carbocycles. The number of hydrogen-bond donors (Lipinski definition) is 0. The predicted molar refractivity (Wildman–Crippen MR) is 61.2 cm³/mol. The first-order valence-electron chi connectivity index (χ1n) is 5.75. The normalized spacial score (nSPS) is 19.4. The van der Waals surface area contributed by atoms with Crippen LogP contribution < -0.4 is 9.47 Å². The summed E-state index contributed by atoms with van der Waals surface area (Å²) >= 11 is 0. The Morgan fingerprint density at radius 1 is 1.29 bits per heavy atom. The van der Waals surface area contributed by atoms with E-state index in [1.54, 1.807) is 6.08 Å². The highest BCUT2D eigenvalue weighted by Crippen LogP contribution is 2.54. The quantitative estimate of drug-likeness (QED) is 0.578. The average Bonchev–Trinajstić information content (AvgIpc) is 3.09. The molecule has 1 aliphatic carbocycles. The van der Waals surface area contributed by atoms with E-state index in [0.717, 1.165) is 35.5 Å². The molecule has 4 nitrogen and oxygen atoms in total. The Kier molecular flexibility index (Phi) is 2.20. The second-order valence-electron chi connectivity index (χ2n) is 4.57. The molecule has 0 bridgehead atoms. The maximum absolute atomic E-state index is 10.5. The number of fused-ring (bicyclic) bond motifs is 1. The van der Waals surface area contributed by atoms with Gasteiger partial charge in [-0.05, 0) is 37.5 Å². The Balaban J connectivity index is 2.16. The van der Waals surface area contributed by atoms with Crippen molar-refractivity contribution < 1.29 is 14.3 Å². The third-order valence-corrected chi connectivity index (χ3v) is 3.27. The molecule has 3 rings (SSSR count). The van der Waals surface area contributed by atoms with Gasteiger partial charge in [0, 0.05) is 5.56 Å². The Bertz CT molecular complexity index is 514. The Hall–Kier alpha value is -1.80. The highest BCUT2D eigenvalue weighted by molar-refractivity contribution is 5.56. The maximum atomic E-state index is 10.5. The van der Waals surface area contributed by atoms with Crippen molar-refractivity contribution in [1.82, 2.24) is 0 Å². The number of carbonyl (C=O) groups excluding carboxylic acids is 1. The van der Waals surface area contributed by atoms with Crippen molar-refractivity contribution in [3.63, 3.8) is 0 Å². The molecule has 4 heteroatoms. The van der Waals surface area contributed by atoms with Gasteiger partial charge < -0.3 is 9.47 Å². The second-order valence-corrected chi connectivity index (χ2v) is 4.57. The minimum atomic E-state index is -0.404. The topological polar surface area (TPSA) is 47.9 Å². The predicted octanol–water partition coefficient (Wildman–Crippen LogP) is 2.09. The van der Waals surface area contributed by atoms with Crippen molar-refractivity contribution in [2.45, 2.75) is 25.3 Å². The molecule has 0 aromatic heterocycles. The van der Waals surface area contributed by atoms with Gasteiger partial charge in [-0.15, -0.1) is 0 Å². The van der Waals surface area contributed by atoms with Crippen molar-refractivity contribution in [2.75, 3.05) is 13.2 Å². The van der Waals surface area contributed by atoms with Gasteiger partial charge in [0.05, 0.1) is 0 Å². The number of ether oxygens (including phenoxy) is 2. The van der Waals surface area contributed by atoms with E-state index in [9.17, 15) is 4.79 Å². The van der Waals surface area contributed by atoms with Crippen LogP contribution in [0.2, 0.25) is 0 Å². The van der Waals surface area contributed by atoms with Gasteiger partial charge in [0.1, 0.15) is 18.8 Å². The van der Waals surface area contributed by atoms with E-state index in [1.807, 2.05) is 19.1 Å². The summed E-state index contributed by atoms with van der Waals surface area (Å²) in [5.41, 5.74) is 1.66. The molecule has 17 heavy (non-hydrogen) atoms. The molecule has 0 N–H and O–H groups in total. The lowest BCUT2D eigenvalue weighted by Gasteiger charge is -2.23. The van der Waals surface area contributed by atoms with E-state index in [4.69, 9.17) is 9.47 Å². The number of aliphatic imine (C=N–C) groups is 1. The molecule has 1 aliphatic heterocycles. The number of hydrogen-bond acceptors (Lipinski definition) is 4. The van der Waals surface area contributed by atoms with Crippen LogP contribution in [0.3, 0.4) is 0 Å². The van der Waals surface area contributed by atoms with Crippen LogP contribution in [-0.4, -0.2) is 19.3 Å². The van der Waals surface area contributed by atoms with E-state index in [1.165, 1.54) is 0 Å². The number of benzene rings is 1. The molecule has 88 valence electrons. The summed E-state index contributed by atoms with van der Waals surface area (Å²) in [6.45, 7) is 3.12. The van der Waals surface area contributed by atoms with Crippen molar-refractivity contribution in [3.8, 4) is 11.5 Å². The molecule has 0 saturated heterocycles. The fourth-order valence-corrected chi connectivity index (χ4v) is 2.28. The molecule has 0 amide bonds. The molecule has 1 fully saturated rings. The van der Waals surface area contributed by atoms with Crippen LogP contribution in [0.4, 0.5) is 0 Å². The van der Waals surface area contributed by atoms with Crippen LogP contribution in [0.5, 0.6) is 11.5 Å². The summed E-state index contributed by atoms with van der Waals surface area (Å²) in [4.78, 5) is 14.5. The summed E-state index contributed by atoms with van der Waals surface area (Å²) in [7, 11) is 0. The molecule has 0 radical (unpaired) electrons. The van der Waals surface area contributed by atoms with Crippen molar-refractivity contribution in [1.29, 1.82) is 0 Å². The van der Waals surface area contributed by atoms with E-state index >= 15 is 0 Å². The average molecular weight is 231 g/mol. The first kappa shape index (κ1) is 10.4. The standard InChI is InChI=1S/C13H13NO3/c1-9-6-10(13(2-3-13)14-8-15)12-11(7-9)16-4-5-17-12/h6-7H,2-5H2,1H3. The van der Waals surface area contributed by atoms with E-state index in [2.05, 4.69) is 4.99 Å². The summed E-state index contributed by atoms with van der Waals surface area (Å²) < 4.78 is 11.2. The maximum Gasteiger partial charge on any atom is 0.235 e. The minimum absolute atomic E-state index is 0.404. The first-order chi connectivity index (χ1) is 8.25.